The molecule has 2 aromatic carbocycles. The minimum Gasteiger partial charge on any atom is -0.354 e. The minimum absolute atomic E-state index is 0.00334. The van der Waals surface area contributed by atoms with Gasteiger partial charge in [-0.25, -0.2) is 9.37 Å². The summed E-state index contributed by atoms with van der Waals surface area (Å²) in [7, 11) is 2.13. The van der Waals surface area contributed by atoms with Gasteiger partial charge < -0.3 is 14.7 Å². The number of likely N-dealkylation sites (N-methyl/N-ethyl adjacent to an activating group) is 1. The van der Waals surface area contributed by atoms with E-state index in [0.717, 1.165) is 43.1 Å². The highest BCUT2D eigenvalue weighted by molar-refractivity contribution is 5.93. The van der Waals surface area contributed by atoms with Gasteiger partial charge in [0.2, 0.25) is 5.91 Å². The number of piperazine rings is 1. The summed E-state index contributed by atoms with van der Waals surface area (Å²) in [6.07, 6.45) is 2.89. The zero-order chi connectivity index (χ0) is 22.3. The Morgan fingerprint density at radius 1 is 0.938 bits per heavy atom. The number of halogens is 1. The zero-order valence-corrected chi connectivity index (χ0v) is 18.5. The fourth-order valence-electron chi connectivity index (χ4n) is 3.89. The van der Waals surface area contributed by atoms with Crippen molar-refractivity contribution in [3.05, 3.63) is 89.9 Å². The largest absolute Gasteiger partial charge is 0.354 e. The number of carbonyl (C=O) groups is 1. The van der Waals surface area contributed by atoms with Crippen molar-refractivity contribution in [3.8, 4) is 0 Å². The van der Waals surface area contributed by atoms with E-state index in [4.69, 9.17) is 0 Å². The SMILES string of the molecule is CN1CCN(c2ccc(CN(C(=O)CCc3ccccc3)c3ccc(F)cc3)cn2)CC1. The van der Waals surface area contributed by atoms with E-state index in [1.54, 1.807) is 17.0 Å². The molecule has 1 aromatic heterocycles. The molecule has 3 aromatic rings. The second-order valence-electron chi connectivity index (χ2n) is 8.26. The fourth-order valence-corrected chi connectivity index (χ4v) is 3.89. The van der Waals surface area contributed by atoms with Crippen LogP contribution in [-0.2, 0) is 17.8 Å². The Hall–Kier alpha value is -3.25. The number of carbonyl (C=O) groups excluding carboxylic acids is 1. The van der Waals surface area contributed by atoms with Crippen molar-refractivity contribution in [3.63, 3.8) is 0 Å². The van der Waals surface area contributed by atoms with Crippen LogP contribution in [-0.4, -0.2) is 49.0 Å². The van der Waals surface area contributed by atoms with Gasteiger partial charge in [-0.15, -0.1) is 0 Å². The van der Waals surface area contributed by atoms with Crippen LogP contribution >= 0.6 is 0 Å². The quantitative estimate of drug-likeness (QED) is 0.563. The van der Waals surface area contributed by atoms with Crippen molar-refractivity contribution in [1.82, 2.24) is 9.88 Å². The van der Waals surface area contributed by atoms with E-state index in [0.29, 0.717) is 25.1 Å². The van der Waals surface area contributed by atoms with Gasteiger partial charge in [-0.1, -0.05) is 36.4 Å². The van der Waals surface area contributed by atoms with Crippen LogP contribution in [0.4, 0.5) is 15.9 Å². The molecule has 1 saturated heterocycles. The topological polar surface area (TPSA) is 39.7 Å². The maximum absolute atomic E-state index is 13.5. The summed E-state index contributed by atoms with van der Waals surface area (Å²) < 4.78 is 13.5. The van der Waals surface area contributed by atoms with Gasteiger partial charge in [0, 0.05) is 44.5 Å². The van der Waals surface area contributed by atoms with Gasteiger partial charge in [-0.3, -0.25) is 4.79 Å². The Morgan fingerprint density at radius 3 is 2.31 bits per heavy atom. The molecule has 1 amide bonds. The summed E-state index contributed by atoms with van der Waals surface area (Å²) in [5, 5.41) is 0. The van der Waals surface area contributed by atoms with Crippen molar-refractivity contribution >= 4 is 17.4 Å². The first-order valence-electron chi connectivity index (χ1n) is 11.1. The molecule has 32 heavy (non-hydrogen) atoms. The third-order valence-corrected chi connectivity index (χ3v) is 5.89. The van der Waals surface area contributed by atoms with E-state index in [1.807, 2.05) is 48.7 Å². The minimum atomic E-state index is -0.316. The van der Waals surface area contributed by atoms with Crippen LogP contribution in [0, 0.1) is 5.82 Å². The summed E-state index contributed by atoms with van der Waals surface area (Å²) in [6.45, 7) is 4.37. The number of nitrogens with zero attached hydrogens (tertiary/aromatic N) is 4. The number of aromatic nitrogens is 1. The summed E-state index contributed by atoms with van der Waals surface area (Å²) >= 11 is 0. The van der Waals surface area contributed by atoms with Crippen LogP contribution in [0.15, 0.2) is 72.9 Å². The number of pyridine rings is 1. The van der Waals surface area contributed by atoms with Crippen LogP contribution in [0.3, 0.4) is 0 Å². The monoisotopic (exact) mass is 432 g/mol. The molecule has 0 radical (unpaired) electrons. The lowest BCUT2D eigenvalue weighted by Crippen LogP contribution is -2.44. The second-order valence-corrected chi connectivity index (χ2v) is 8.26. The average Bonchev–Trinajstić information content (AvgIpc) is 2.83. The second kappa shape index (κ2) is 10.4. The van der Waals surface area contributed by atoms with E-state index in [1.165, 1.54) is 12.1 Å². The first kappa shape index (κ1) is 22.0. The van der Waals surface area contributed by atoms with Crippen molar-refractivity contribution in [2.24, 2.45) is 0 Å². The Balaban J connectivity index is 1.47. The molecule has 0 spiro atoms. The van der Waals surface area contributed by atoms with Gasteiger partial charge in [-0.05, 0) is 54.9 Å². The highest BCUT2D eigenvalue weighted by Gasteiger charge is 2.18. The van der Waals surface area contributed by atoms with E-state index in [-0.39, 0.29) is 11.7 Å². The first-order valence-corrected chi connectivity index (χ1v) is 11.1. The van der Waals surface area contributed by atoms with Crippen LogP contribution in [0.2, 0.25) is 0 Å². The van der Waals surface area contributed by atoms with Crippen LogP contribution < -0.4 is 9.80 Å². The highest BCUT2D eigenvalue weighted by Crippen LogP contribution is 2.21. The van der Waals surface area contributed by atoms with Crippen LogP contribution in [0.25, 0.3) is 0 Å². The summed E-state index contributed by atoms with van der Waals surface area (Å²) in [5.74, 6) is 0.651. The van der Waals surface area contributed by atoms with E-state index in [9.17, 15) is 9.18 Å². The van der Waals surface area contributed by atoms with Crippen molar-refractivity contribution < 1.29 is 9.18 Å². The van der Waals surface area contributed by atoms with Gasteiger partial charge in [0.1, 0.15) is 11.6 Å². The molecule has 0 aliphatic carbocycles. The molecular weight excluding hydrogens is 403 g/mol. The number of rotatable bonds is 7. The molecule has 2 heterocycles. The first-order chi connectivity index (χ1) is 15.6. The normalized spacial score (nSPS) is 14.4. The third kappa shape index (κ3) is 5.71. The Kier molecular flexibility index (Phi) is 7.12. The number of benzene rings is 2. The number of aryl methyl sites for hydroxylation is 1. The number of anilines is 2. The zero-order valence-electron chi connectivity index (χ0n) is 18.5. The molecule has 0 unspecified atom stereocenters. The molecule has 5 nitrogen and oxygen atoms in total. The summed E-state index contributed by atoms with van der Waals surface area (Å²) in [6, 6.07) is 20.1. The summed E-state index contributed by atoms with van der Waals surface area (Å²) in [4.78, 5) is 24.1. The lowest BCUT2D eigenvalue weighted by molar-refractivity contribution is -0.118. The van der Waals surface area contributed by atoms with Crippen molar-refractivity contribution in [1.29, 1.82) is 0 Å². The Bertz CT molecular complexity index is 1000. The predicted octanol–water partition coefficient (Wildman–Crippen LogP) is 4.14. The molecule has 1 aliphatic heterocycles. The lowest BCUT2D eigenvalue weighted by atomic mass is 10.1. The number of amides is 1. The maximum Gasteiger partial charge on any atom is 0.227 e. The Morgan fingerprint density at radius 2 is 1.66 bits per heavy atom. The molecule has 0 N–H and O–H groups in total. The van der Waals surface area contributed by atoms with Crippen LogP contribution in [0.1, 0.15) is 17.5 Å². The van der Waals surface area contributed by atoms with Crippen molar-refractivity contribution in [2.45, 2.75) is 19.4 Å². The smallest absolute Gasteiger partial charge is 0.227 e. The molecule has 166 valence electrons. The molecule has 0 bridgehead atoms. The molecule has 1 aliphatic rings. The fraction of sp³-hybridized carbons (Fsp3) is 0.308. The molecule has 0 saturated carbocycles. The maximum atomic E-state index is 13.5. The Labute approximate surface area is 189 Å². The van der Waals surface area contributed by atoms with E-state index >= 15 is 0 Å². The van der Waals surface area contributed by atoms with Gasteiger partial charge >= 0.3 is 0 Å². The van der Waals surface area contributed by atoms with Gasteiger partial charge in [0.15, 0.2) is 0 Å². The molecule has 4 rings (SSSR count). The van der Waals surface area contributed by atoms with Gasteiger partial charge in [0.05, 0.1) is 6.54 Å². The molecule has 6 heteroatoms. The highest BCUT2D eigenvalue weighted by atomic mass is 19.1. The third-order valence-electron chi connectivity index (χ3n) is 5.89. The van der Waals surface area contributed by atoms with E-state index in [2.05, 4.69) is 21.8 Å². The van der Waals surface area contributed by atoms with Crippen LogP contribution in [0.5, 0.6) is 0 Å². The van der Waals surface area contributed by atoms with Gasteiger partial charge in [0.25, 0.3) is 0 Å². The lowest BCUT2D eigenvalue weighted by Gasteiger charge is -2.33. The molecular formula is C26H29FN4O. The molecule has 0 atom stereocenters. The summed E-state index contributed by atoms with van der Waals surface area (Å²) in [5.41, 5.74) is 2.76. The average molecular weight is 433 g/mol. The standard InChI is InChI=1S/C26H29FN4O/c1-29-15-17-30(18-16-29)25-13-7-22(19-28-25)20-31(24-11-9-23(27)10-12-24)26(32)14-8-21-5-3-2-4-6-21/h2-7,9-13,19H,8,14-18,20H2,1H3. The number of hydrogen-bond acceptors (Lipinski definition) is 4. The number of hydrogen-bond donors (Lipinski definition) is 0. The van der Waals surface area contributed by atoms with Crippen molar-refractivity contribution in [2.75, 3.05) is 43.0 Å². The predicted molar refractivity (Wildman–Crippen MR) is 126 cm³/mol. The van der Waals surface area contributed by atoms with E-state index < -0.39 is 0 Å². The molecule has 1 fully saturated rings. The van der Waals surface area contributed by atoms with Gasteiger partial charge in [-0.2, -0.15) is 0 Å².